The lowest BCUT2D eigenvalue weighted by Crippen LogP contribution is -2.29. The van der Waals surface area contributed by atoms with E-state index in [0.29, 0.717) is 17.2 Å². The molecule has 2 aromatic rings. The molecule has 2 heterocycles. The zero-order chi connectivity index (χ0) is 20.8. The van der Waals surface area contributed by atoms with E-state index >= 15 is 0 Å². The van der Waals surface area contributed by atoms with Gasteiger partial charge in [-0.15, -0.1) is 0 Å². The number of carbonyl (C=O) groups excluding carboxylic acids is 2. The van der Waals surface area contributed by atoms with Crippen molar-refractivity contribution in [3.63, 3.8) is 0 Å². The third kappa shape index (κ3) is 5.11. The molecule has 0 atom stereocenters. The Morgan fingerprint density at radius 3 is 2.57 bits per heavy atom. The van der Waals surface area contributed by atoms with Gasteiger partial charge < -0.3 is 24.4 Å². The summed E-state index contributed by atoms with van der Waals surface area (Å²) in [5, 5.41) is 2.74. The van der Waals surface area contributed by atoms with Crippen LogP contribution < -0.4 is 19.7 Å². The second-order valence-corrected chi connectivity index (χ2v) is 7.20. The minimum atomic E-state index is -0.594. The number of piperidine rings is 1. The normalized spacial score (nSPS) is 15.3. The Labute approximate surface area is 175 Å². The number of hydrogen-bond acceptors (Lipinski definition) is 6. The molecule has 2 aromatic carbocycles. The van der Waals surface area contributed by atoms with Crippen LogP contribution in [-0.4, -0.2) is 38.4 Å². The van der Waals surface area contributed by atoms with Crippen molar-refractivity contribution in [2.24, 2.45) is 0 Å². The van der Waals surface area contributed by atoms with Gasteiger partial charge in [0.25, 0.3) is 5.91 Å². The Morgan fingerprint density at radius 1 is 1.00 bits per heavy atom. The number of esters is 1. The summed E-state index contributed by atoms with van der Waals surface area (Å²) in [5.41, 5.74) is 2.61. The molecule has 7 heteroatoms. The van der Waals surface area contributed by atoms with Gasteiger partial charge in [-0.25, -0.2) is 4.79 Å². The third-order valence-electron chi connectivity index (χ3n) is 5.03. The predicted octanol–water partition coefficient (Wildman–Crippen LogP) is 3.60. The highest BCUT2D eigenvalue weighted by molar-refractivity contribution is 5.94. The Kier molecular flexibility index (Phi) is 6.17. The second-order valence-electron chi connectivity index (χ2n) is 7.20. The summed E-state index contributed by atoms with van der Waals surface area (Å²) >= 11 is 0. The molecule has 1 saturated heterocycles. The molecule has 1 fully saturated rings. The largest absolute Gasteiger partial charge is 0.454 e. The van der Waals surface area contributed by atoms with Crippen molar-refractivity contribution in [2.45, 2.75) is 19.3 Å². The fourth-order valence-electron chi connectivity index (χ4n) is 3.47. The first kappa shape index (κ1) is 19.8. The van der Waals surface area contributed by atoms with Gasteiger partial charge in [0.05, 0.1) is 0 Å². The summed E-state index contributed by atoms with van der Waals surface area (Å²) in [6.45, 7) is 1.99. The second kappa shape index (κ2) is 9.35. The van der Waals surface area contributed by atoms with Gasteiger partial charge in [0.2, 0.25) is 6.79 Å². The molecule has 7 nitrogen and oxygen atoms in total. The monoisotopic (exact) mass is 408 g/mol. The number of ether oxygens (including phenoxy) is 3. The minimum absolute atomic E-state index is 0.195. The fraction of sp³-hybridized carbons (Fsp3) is 0.304. The molecule has 2 aliphatic heterocycles. The molecule has 4 rings (SSSR count). The first-order chi connectivity index (χ1) is 14.7. The van der Waals surface area contributed by atoms with Crippen LogP contribution in [0.4, 0.5) is 11.4 Å². The number of anilines is 2. The standard InChI is InChI=1S/C23H24N2O5/c26-22(24-18-6-8-19(9-7-18)25-12-2-1-3-13-25)15-28-23(27)11-5-17-4-10-20-21(14-17)30-16-29-20/h4-11,14H,1-3,12-13,15-16H2,(H,24,26)/b11-5-. The smallest absolute Gasteiger partial charge is 0.331 e. The van der Waals surface area contributed by atoms with Crippen LogP contribution >= 0.6 is 0 Å². The molecule has 0 bridgehead atoms. The van der Waals surface area contributed by atoms with Crippen molar-refractivity contribution in [1.82, 2.24) is 0 Å². The van der Waals surface area contributed by atoms with Crippen molar-refractivity contribution in [3.05, 3.63) is 54.1 Å². The Bertz CT molecular complexity index is 933. The summed E-state index contributed by atoms with van der Waals surface area (Å²) in [7, 11) is 0. The third-order valence-corrected chi connectivity index (χ3v) is 5.03. The predicted molar refractivity (Wildman–Crippen MR) is 114 cm³/mol. The van der Waals surface area contributed by atoms with Crippen molar-refractivity contribution < 1.29 is 23.8 Å². The molecular weight excluding hydrogens is 384 g/mol. The average molecular weight is 408 g/mol. The number of hydrogen-bond donors (Lipinski definition) is 1. The van der Waals surface area contributed by atoms with E-state index in [0.717, 1.165) is 24.3 Å². The van der Waals surface area contributed by atoms with Gasteiger partial charge in [0.15, 0.2) is 18.1 Å². The van der Waals surface area contributed by atoms with E-state index < -0.39 is 5.97 Å². The highest BCUT2D eigenvalue weighted by Crippen LogP contribution is 2.32. The summed E-state index contributed by atoms with van der Waals surface area (Å²) in [6.07, 6.45) is 6.59. The molecule has 30 heavy (non-hydrogen) atoms. The molecule has 0 saturated carbocycles. The first-order valence-electron chi connectivity index (χ1n) is 10.1. The molecule has 1 amide bonds. The highest BCUT2D eigenvalue weighted by atomic mass is 16.7. The van der Waals surface area contributed by atoms with Crippen molar-refractivity contribution in [2.75, 3.05) is 36.7 Å². The summed E-state index contributed by atoms with van der Waals surface area (Å²) in [4.78, 5) is 26.3. The molecule has 0 radical (unpaired) electrons. The maximum Gasteiger partial charge on any atom is 0.331 e. The molecule has 1 N–H and O–H groups in total. The highest BCUT2D eigenvalue weighted by Gasteiger charge is 2.13. The van der Waals surface area contributed by atoms with E-state index in [1.165, 1.54) is 25.3 Å². The van der Waals surface area contributed by atoms with E-state index in [4.69, 9.17) is 14.2 Å². The van der Waals surface area contributed by atoms with Gasteiger partial charge >= 0.3 is 5.97 Å². The van der Waals surface area contributed by atoms with Crippen LogP contribution in [0.25, 0.3) is 6.08 Å². The van der Waals surface area contributed by atoms with Gasteiger partial charge in [-0.05, 0) is 67.3 Å². The molecule has 2 aliphatic rings. The Balaban J connectivity index is 1.22. The number of benzene rings is 2. The zero-order valence-electron chi connectivity index (χ0n) is 16.6. The minimum Gasteiger partial charge on any atom is -0.454 e. The van der Waals surface area contributed by atoms with Gasteiger partial charge in [-0.3, -0.25) is 4.79 Å². The average Bonchev–Trinajstić information content (AvgIpc) is 3.25. The summed E-state index contributed by atoms with van der Waals surface area (Å²) in [6, 6.07) is 13.1. The zero-order valence-corrected chi connectivity index (χ0v) is 16.6. The molecule has 0 spiro atoms. The van der Waals surface area contributed by atoms with Crippen molar-refractivity contribution in [1.29, 1.82) is 0 Å². The van der Waals surface area contributed by atoms with Crippen molar-refractivity contribution >= 4 is 29.3 Å². The van der Waals surface area contributed by atoms with E-state index in [1.807, 2.05) is 24.3 Å². The number of carbonyl (C=O) groups is 2. The van der Waals surface area contributed by atoms with Crippen LogP contribution in [0.3, 0.4) is 0 Å². The molecule has 0 unspecified atom stereocenters. The summed E-state index contributed by atoms with van der Waals surface area (Å²) in [5.74, 6) is 0.334. The molecule has 0 aliphatic carbocycles. The van der Waals surface area contributed by atoms with Gasteiger partial charge in [0, 0.05) is 30.5 Å². The number of fused-ring (bicyclic) bond motifs is 1. The lowest BCUT2D eigenvalue weighted by molar-refractivity contribution is -0.142. The van der Waals surface area contributed by atoms with E-state index in [-0.39, 0.29) is 19.3 Å². The Hall–Kier alpha value is -3.48. The maximum absolute atomic E-state index is 12.1. The van der Waals surface area contributed by atoms with E-state index in [9.17, 15) is 9.59 Å². The van der Waals surface area contributed by atoms with Crippen LogP contribution in [-0.2, 0) is 14.3 Å². The molecule has 156 valence electrons. The lowest BCUT2D eigenvalue weighted by Gasteiger charge is -2.28. The van der Waals surface area contributed by atoms with E-state index in [1.54, 1.807) is 24.3 Å². The SMILES string of the molecule is O=C(COC(=O)/C=C\c1ccc2c(c1)OCO2)Nc1ccc(N2CCCCC2)cc1. The Morgan fingerprint density at radius 2 is 1.77 bits per heavy atom. The fourth-order valence-corrected chi connectivity index (χ4v) is 3.47. The van der Waals surface area contributed by atoms with Crippen LogP contribution in [0.2, 0.25) is 0 Å². The number of nitrogens with zero attached hydrogens (tertiary/aromatic N) is 1. The van der Waals surface area contributed by atoms with Crippen LogP contribution in [0.15, 0.2) is 48.5 Å². The quantitative estimate of drug-likeness (QED) is 0.581. The maximum atomic E-state index is 12.1. The molecule has 0 aromatic heterocycles. The topological polar surface area (TPSA) is 77.1 Å². The van der Waals surface area contributed by atoms with Gasteiger partial charge in [-0.1, -0.05) is 6.07 Å². The number of nitrogens with one attached hydrogen (secondary N) is 1. The van der Waals surface area contributed by atoms with Gasteiger partial charge in [0.1, 0.15) is 0 Å². The van der Waals surface area contributed by atoms with Crippen LogP contribution in [0.1, 0.15) is 24.8 Å². The van der Waals surface area contributed by atoms with Crippen LogP contribution in [0, 0.1) is 0 Å². The number of amides is 1. The van der Waals surface area contributed by atoms with Crippen LogP contribution in [0.5, 0.6) is 11.5 Å². The van der Waals surface area contributed by atoms with Gasteiger partial charge in [-0.2, -0.15) is 0 Å². The molecular formula is C23H24N2O5. The van der Waals surface area contributed by atoms with Crippen molar-refractivity contribution in [3.8, 4) is 11.5 Å². The number of rotatable bonds is 6. The first-order valence-corrected chi connectivity index (χ1v) is 10.1. The summed E-state index contributed by atoms with van der Waals surface area (Å²) < 4.78 is 15.5. The lowest BCUT2D eigenvalue weighted by atomic mass is 10.1. The van der Waals surface area contributed by atoms with E-state index in [2.05, 4.69) is 10.2 Å².